The molecule has 116 valence electrons. The van der Waals surface area contributed by atoms with Gasteiger partial charge in [-0.15, -0.1) is 0 Å². The smallest absolute Gasteiger partial charge is 0.408 e. The van der Waals surface area contributed by atoms with Crippen LogP contribution in [-0.2, 0) is 23.8 Å². The van der Waals surface area contributed by atoms with Crippen LogP contribution in [0.25, 0.3) is 0 Å². The Morgan fingerprint density at radius 2 is 1.70 bits per heavy atom. The molecule has 0 aliphatic rings. The zero-order chi connectivity index (χ0) is 15.8. The molecule has 0 aromatic carbocycles. The Balaban J connectivity index is 4.39. The number of alkyl carbamates (subject to hydrolysis) is 1. The van der Waals surface area contributed by atoms with Crippen molar-refractivity contribution < 1.29 is 28.6 Å². The minimum Gasteiger partial charge on any atom is -0.469 e. The van der Waals surface area contributed by atoms with Crippen LogP contribution < -0.4 is 5.32 Å². The van der Waals surface area contributed by atoms with Crippen LogP contribution in [0.4, 0.5) is 4.79 Å². The second kappa shape index (κ2) is 8.39. The fraction of sp³-hybridized carbons (Fsp3) is 0.769. The number of carbonyl (C=O) groups is 3. The van der Waals surface area contributed by atoms with E-state index in [2.05, 4.69) is 14.8 Å². The molecule has 0 spiro atoms. The van der Waals surface area contributed by atoms with Crippen LogP contribution in [0.5, 0.6) is 0 Å². The molecule has 0 aliphatic carbocycles. The molecule has 7 nitrogen and oxygen atoms in total. The van der Waals surface area contributed by atoms with Gasteiger partial charge < -0.3 is 19.5 Å². The first-order chi connectivity index (χ1) is 9.19. The van der Waals surface area contributed by atoms with Crippen molar-refractivity contribution in [2.45, 2.75) is 51.7 Å². The number of hydrogen-bond donors (Lipinski definition) is 1. The van der Waals surface area contributed by atoms with Gasteiger partial charge in [-0.3, -0.25) is 4.79 Å². The lowest BCUT2D eigenvalue weighted by atomic mass is 10.1. The molecule has 0 saturated heterocycles. The molecule has 0 heterocycles. The highest BCUT2D eigenvalue weighted by molar-refractivity contribution is 5.81. The molecule has 0 bridgehead atoms. The number of ether oxygens (including phenoxy) is 3. The van der Waals surface area contributed by atoms with Crippen molar-refractivity contribution >= 4 is 18.0 Å². The predicted molar refractivity (Wildman–Crippen MR) is 71.0 cm³/mol. The topological polar surface area (TPSA) is 90.9 Å². The standard InChI is InChI=1S/C13H23NO6/c1-13(2,3)20-12(17)14-9(11(16)19-5)7-6-8-10(15)18-4/h9H,6-8H2,1-5H3,(H,14,17)/t9-/m0/s1. The molecule has 20 heavy (non-hydrogen) atoms. The molecule has 0 fully saturated rings. The average Bonchev–Trinajstić information content (AvgIpc) is 2.34. The zero-order valence-corrected chi connectivity index (χ0v) is 12.6. The van der Waals surface area contributed by atoms with E-state index in [4.69, 9.17) is 4.74 Å². The van der Waals surface area contributed by atoms with Gasteiger partial charge in [-0.05, 0) is 33.6 Å². The number of carbonyl (C=O) groups excluding carboxylic acids is 3. The van der Waals surface area contributed by atoms with Crippen LogP contribution in [0.2, 0.25) is 0 Å². The minimum atomic E-state index is -0.848. The number of methoxy groups -OCH3 is 2. The van der Waals surface area contributed by atoms with Gasteiger partial charge in [0.25, 0.3) is 0 Å². The van der Waals surface area contributed by atoms with Crippen molar-refractivity contribution in [1.82, 2.24) is 5.32 Å². The van der Waals surface area contributed by atoms with E-state index in [1.807, 2.05) is 0 Å². The van der Waals surface area contributed by atoms with Crippen LogP contribution in [-0.4, -0.2) is 43.9 Å². The first kappa shape index (κ1) is 18.2. The molecular formula is C13H23NO6. The fourth-order valence-electron chi connectivity index (χ4n) is 1.39. The summed E-state index contributed by atoms with van der Waals surface area (Å²) < 4.78 is 14.2. The Kier molecular flexibility index (Phi) is 7.64. The zero-order valence-electron chi connectivity index (χ0n) is 12.6. The second-order valence-electron chi connectivity index (χ2n) is 5.19. The van der Waals surface area contributed by atoms with Gasteiger partial charge in [-0.25, -0.2) is 9.59 Å². The Hall–Kier alpha value is -1.79. The van der Waals surface area contributed by atoms with Gasteiger partial charge in [0.05, 0.1) is 14.2 Å². The molecule has 0 saturated carbocycles. The molecule has 1 N–H and O–H groups in total. The summed E-state index contributed by atoms with van der Waals surface area (Å²) in [5, 5.41) is 2.43. The van der Waals surface area contributed by atoms with Crippen molar-refractivity contribution in [2.24, 2.45) is 0 Å². The average molecular weight is 289 g/mol. The van der Waals surface area contributed by atoms with Gasteiger partial charge in [0.15, 0.2) is 0 Å². The summed E-state index contributed by atoms with van der Waals surface area (Å²) in [5.41, 5.74) is -0.656. The molecule has 1 atom stereocenters. The van der Waals surface area contributed by atoms with Crippen LogP contribution in [0.1, 0.15) is 40.0 Å². The summed E-state index contributed by atoms with van der Waals surface area (Å²) in [7, 11) is 2.52. The largest absolute Gasteiger partial charge is 0.469 e. The monoisotopic (exact) mass is 289 g/mol. The lowest BCUT2D eigenvalue weighted by Crippen LogP contribution is -2.44. The normalized spacial score (nSPS) is 12.2. The van der Waals surface area contributed by atoms with Crippen molar-refractivity contribution in [3.63, 3.8) is 0 Å². The van der Waals surface area contributed by atoms with Crippen LogP contribution in [0.15, 0.2) is 0 Å². The van der Waals surface area contributed by atoms with E-state index in [-0.39, 0.29) is 18.8 Å². The number of esters is 2. The van der Waals surface area contributed by atoms with Crippen LogP contribution in [0.3, 0.4) is 0 Å². The summed E-state index contributed by atoms with van der Waals surface area (Å²) in [6.07, 6.45) is 0.120. The Bertz CT molecular complexity index is 347. The fourth-order valence-corrected chi connectivity index (χ4v) is 1.39. The van der Waals surface area contributed by atoms with Gasteiger partial charge in [-0.2, -0.15) is 0 Å². The van der Waals surface area contributed by atoms with E-state index in [1.54, 1.807) is 20.8 Å². The van der Waals surface area contributed by atoms with E-state index < -0.39 is 23.7 Å². The van der Waals surface area contributed by atoms with Gasteiger partial charge in [0.2, 0.25) is 0 Å². The maximum atomic E-state index is 11.6. The van der Waals surface area contributed by atoms with E-state index in [0.717, 1.165) is 0 Å². The lowest BCUT2D eigenvalue weighted by molar-refractivity contribution is -0.144. The third-order valence-electron chi connectivity index (χ3n) is 2.28. The number of nitrogens with one attached hydrogen (secondary N) is 1. The van der Waals surface area contributed by atoms with Gasteiger partial charge >= 0.3 is 18.0 Å². The molecule has 7 heteroatoms. The Morgan fingerprint density at radius 3 is 2.15 bits per heavy atom. The van der Waals surface area contributed by atoms with Gasteiger partial charge in [-0.1, -0.05) is 0 Å². The van der Waals surface area contributed by atoms with E-state index in [0.29, 0.717) is 6.42 Å². The summed E-state index contributed by atoms with van der Waals surface area (Å²) in [5.74, 6) is -0.952. The minimum absolute atomic E-state index is 0.167. The highest BCUT2D eigenvalue weighted by Gasteiger charge is 2.24. The molecule has 0 aromatic rings. The number of hydrogen-bond acceptors (Lipinski definition) is 6. The third-order valence-corrected chi connectivity index (χ3v) is 2.28. The van der Waals surface area contributed by atoms with E-state index in [1.165, 1.54) is 14.2 Å². The molecule has 0 unspecified atom stereocenters. The first-order valence-electron chi connectivity index (χ1n) is 6.33. The SMILES string of the molecule is COC(=O)CCC[C@H](NC(=O)OC(C)(C)C)C(=O)OC. The predicted octanol–water partition coefficient (Wildman–Crippen LogP) is 1.40. The maximum absolute atomic E-state index is 11.6. The van der Waals surface area contributed by atoms with E-state index >= 15 is 0 Å². The van der Waals surface area contributed by atoms with Crippen molar-refractivity contribution in [2.75, 3.05) is 14.2 Å². The Morgan fingerprint density at radius 1 is 1.10 bits per heavy atom. The summed E-state index contributed by atoms with van der Waals surface area (Å²) >= 11 is 0. The molecule has 0 aromatic heterocycles. The molecular weight excluding hydrogens is 266 g/mol. The summed E-state index contributed by atoms with van der Waals surface area (Å²) in [6, 6.07) is -0.848. The van der Waals surface area contributed by atoms with Gasteiger partial charge in [0.1, 0.15) is 11.6 Å². The van der Waals surface area contributed by atoms with Crippen molar-refractivity contribution in [3.05, 3.63) is 0 Å². The molecule has 0 aliphatic heterocycles. The highest BCUT2D eigenvalue weighted by Crippen LogP contribution is 2.09. The summed E-state index contributed by atoms with van der Waals surface area (Å²) in [6.45, 7) is 5.16. The van der Waals surface area contributed by atoms with Crippen molar-refractivity contribution in [3.8, 4) is 0 Å². The molecule has 0 radical (unpaired) electrons. The van der Waals surface area contributed by atoms with Crippen LogP contribution in [0, 0.1) is 0 Å². The quantitative estimate of drug-likeness (QED) is 0.587. The molecule has 0 rings (SSSR count). The molecule has 1 amide bonds. The number of rotatable bonds is 6. The van der Waals surface area contributed by atoms with E-state index in [9.17, 15) is 14.4 Å². The van der Waals surface area contributed by atoms with Crippen LogP contribution >= 0.6 is 0 Å². The number of amides is 1. The maximum Gasteiger partial charge on any atom is 0.408 e. The first-order valence-corrected chi connectivity index (χ1v) is 6.33. The third kappa shape index (κ3) is 8.34. The van der Waals surface area contributed by atoms with Gasteiger partial charge in [0, 0.05) is 6.42 Å². The second-order valence-corrected chi connectivity index (χ2v) is 5.19. The Labute approximate surface area is 118 Å². The summed E-state index contributed by atoms with van der Waals surface area (Å²) in [4.78, 5) is 34.2. The highest BCUT2D eigenvalue weighted by atomic mass is 16.6. The van der Waals surface area contributed by atoms with Crippen molar-refractivity contribution in [1.29, 1.82) is 0 Å². The lowest BCUT2D eigenvalue weighted by Gasteiger charge is -2.22.